The van der Waals surface area contributed by atoms with Crippen molar-refractivity contribution in [1.82, 2.24) is 20.4 Å². The first-order valence-electron chi connectivity index (χ1n) is 7.96. The standard InChI is InChI=1S/C17H20N4O5/c1-21(2)15(23)10-18-13(22)11-25-16(24)9-8-14-19-17(20-26-14)12-6-4-3-5-7-12/h3-7H,8-11H2,1-2H3,(H,18,22). The highest BCUT2D eigenvalue weighted by Gasteiger charge is 2.13. The molecule has 0 atom stereocenters. The molecule has 0 saturated carbocycles. The average Bonchev–Trinajstić information content (AvgIpc) is 3.12. The fourth-order valence-electron chi connectivity index (χ4n) is 1.87. The molecular formula is C17H20N4O5. The van der Waals surface area contributed by atoms with Crippen LogP contribution in [0.3, 0.4) is 0 Å². The molecule has 1 heterocycles. The van der Waals surface area contributed by atoms with Gasteiger partial charge >= 0.3 is 5.97 Å². The minimum absolute atomic E-state index is 0.000329. The van der Waals surface area contributed by atoms with Gasteiger partial charge in [-0.2, -0.15) is 4.98 Å². The number of ether oxygens (including phenoxy) is 1. The molecule has 0 aliphatic heterocycles. The van der Waals surface area contributed by atoms with E-state index in [1.54, 1.807) is 14.1 Å². The molecule has 0 aliphatic rings. The lowest BCUT2D eigenvalue weighted by Gasteiger charge is -2.10. The Balaban J connectivity index is 1.70. The van der Waals surface area contributed by atoms with Crippen molar-refractivity contribution in [2.24, 2.45) is 0 Å². The number of benzene rings is 1. The molecule has 9 nitrogen and oxygen atoms in total. The summed E-state index contributed by atoms with van der Waals surface area (Å²) >= 11 is 0. The quantitative estimate of drug-likeness (QED) is 0.678. The Labute approximate surface area is 150 Å². The number of rotatable bonds is 8. The van der Waals surface area contributed by atoms with E-state index >= 15 is 0 Å². The first-order valence-corrected chi connectivity index (χ1v) is 7.96. The lowest BCUT2D eigenvalue weighted by atomic mass is 10.2. The number of hydrogen-bond acceptors (Lipinski definition) is 7. The molecule has 1 N–H and O–H groups in total. The molecule has 1 aromatic heterocycles. The van der Waals surface area contributed by atoms with Gasteiger partial charge in [0, 0.05) is 26.1 Å². The summed E-state index contributed by atoms with van der Waals surface area (Å²) < 4.78 is 9.94. The molecule has 9 heteroatoms. The summed E-state index contributed by atoms with van der Waals surface area (Å²) in [7, 11) is 3.16. The van der Waals surface area contributed by atoms with Gasteiger partial charge in [0.25, 0.3) is 5.91 Å². The van der Waals surface area contributed by atoms with Crippen molar-refractivity contribution in [2.45, 2.75) is 12.8 Å². The number of esters is 1. The Bertz CT molecular complexity index is 758. The maximum absolute atomic E-state index is 11.7. The molecular weight excluding hydrogens is 340 g/mol. The van der Waals surface area contributed by atoms with Crippen LogP contribution in [0.2, 0.25) is 0 Å². The van der Waals surface area contributed by atoms with Gasteiger partial charge in [-0.25, -0.2) is 0 Å². The summed E-state index contributed by atoms with van der Waals surface area (Å²) in [5.74, 6) is -0.618. The lowest BCUT2D eigenvalue weighted by Crippen LogP contribution is -2.38. The van der Waals surface area contributed by atoms with Crippen LogP contribution in [-0.2, 0) is 25.5 Å². The summed E-state index contributed by atoms with van der Waals surface area (Å²) in [4.78, 5) is 40.1. The van der Waals surface area contributed by atoms with Crippen LogP contribution in [0.1, 0.15) is 12.3 Å². The molecule has 0 unspecified atom stereocenters. The monoisotopic (exact) mass is 360 g/mol. The number of aromatic nitrogens is 2. The SMILES string of the molecule is CN(C)C(=O)CNC(=O)COC(=O)CCc1nc(-c2ccccc2)no1. The fraction of sp³-hybridized carbons (Fsp3) is 0.353. The number of hydrogen-bond donors (Lipinski definition) is 1. The van der Waals surface area contributed by atoms with Gasteiger partial charge in [0.2, 0.25) is 17.6 Å². The highest BCUT2D eigenvalue weighted by molar-refractivity contribution is 5.86. The molecule has 0 aliphatic carbocycles. The van der Waals surface area contributed by atoms with Crippen LogP contribution in [-0.4, -0.2) is 60.1 Å². The second-order valence-electron chi connectivity index (χ2n) is 5.60. The maximum Gasteiger partial charge on any atom is 0.306 e. The minimum atomic E-state index is -0.571. The van der Waals surface area contributed by atoms with E-state index in [4.69, 9.17) is 9.26 Å². The van der Waals surface area contributed by atoms with Crippen LogP contribution in [0.5, 0.6) is 0 Å². The van der Waals surface area contributed by atoms with Crippen LogP contribution in [0, 0.1) is 0 Å². The number of aryl methyl sites for hydroxylation is 1. The number of nitrogens with zero attached hydrogens (tertiary/aromatic N) is 3. The van der Waals surface area contributed by atoms with Gasteiger partial charge in [-0.3, -0.25) is 14.4 Å². The fourth-order valence-corrected chi connectivity index (χ4v) is 1.87. The molecule has 138 valence electrons. The largest absolute Gasteiger partial charge is 0.456 e. The zero-order chi connectivity index (χ0) is 18.9. The van der Waals surface area contributed by atoms with Crippen LogP contribution >= 0.6 is 0 Å². The number of likely N-dealkylation sites (N-methyl/N-ethyl adjacent to an activating group) is 1. The van der Waals surface area contributed by atoms with Gasteiger partial charge in [0.15, 0.2) is 6.61 Å². The van der Waals surface area contributed by atoms with E-state index in [1.807, 2.05) is 30.3 Å². The van der Waals surface area contributed by atoms with Gasteiger partial charge in [-0.05, 0) is 0 Å². The first-order chi connectivity index (χ1) is 12.5. The van der Waals surface area contributed by atoms with Gasteiger partial charge in [0.1, 0.15) is 0 Å². The first kappa shape index (κ1) is 19.1. The molecule has 0 radical (unpaired) electrons. The molecule has 0 bridgehead atoms. The van der Waals surface area contributed by atoms with Gasteiger partial charge in [0.05, 0.1) is 13.0 Å². The minimum Gasteiger partial charge on any atom is -0.456 e. The predicted octanol–water partition coefficient (Wildman–Crippen LogP) is 0.417. The van der Waals surface area contributed by atoms with Crippen LogP contribution in [0.4, 0.5) is 0 Å². The molecule has 26 heavy (non-hydrogen) atoms. The van der Waals surface area contributed by atoms with E-state index in [1.165, 1.54) is 4.90 Å². The Kier molecular flexibility index (Phi) is 6.84. The molecule has 0 saturated heterocycles. The van der Waals surface area contributed by atoms with E-state index in [-0.39, 0.29) is 25.3 Å². The number of nitrogens with one attached hydrogen (secondary N) is 1. The van der Waals surface area contributed by atoms with E-state index in [9.17, 15) is 14.4 Å². The number of carbonyl (C=O) groups excluding carboxylic acids is 3. The Hall–Kier alpha value is -3.23. The molecule has 2 aromatic rings. The van der Waals surface area contributed by atoms with Crippen molar-refractivity contribution < 1.29 is 23.6 Å². The second-order valence-corrected chi connectivity index (χ2v) is 5.60. The third kappa shape index (κ3) is 6.00. The van der Waals surface area contributed by atoms with Crippen molar-refractivity contribution >= 4 is 17.8 Å². The molecule has 0 fully saturated rings. The Morgan fingerprint density at radius 2 is 1.92 bits per heavy atom. The predicted molar refractivity (Wildman–Crippen MR) is 90.7 cm³/mol. The highest BCUT2D eigenvalue weighted by atomic mass is 16.5. The van der Waals surface area contributed by atoms with E-state index in [0.29, 0.717) is 11.7 Å². The van der Waals surface area contributed by atoms with E-state index < -0.39 is 18.5 Å². The number of carbonyl (C=O) groups is 3. The Morgan fingerprint density at radius 1 is 1.19 bits per heavy atom. The zero-order valence-electron chi connectivity index (χ0n) is 14.6. The molecule has 1 aromatic carbocycles. The van der Waals surface area contributed by atoms with Gasteiger partial charge in [-0.15, -0.1) is 0 Å². The Morgan fingerprint density at radius 3 is 2.62 bits per heavy atom. The van der Waals surface area contributed by atoms with Crippen molar-refractivity contribution in [3.8, 4) is 11.4 Å². The molecule has 2 rings (SSSR count). The van der Waals surface area contributed by atoms with Crippen LogP contribution in [0.15, 0.2) is 34.9 Å². The summed E-state index contributed by atoms with van der Waals surface area (Å²) in [6, 6.07) is 9.30. The summed E-state index contributed by atoms with van der Waals surface area (Å²) in [5, 5.41) is 6.22. The molecule has 2 amide bonds. The van der Waals surface area contributed by atoms with Crippen LogP contribution in [0.25, 0.3) is 11.4 Å². The number of amides is 2. The van der Waals surface area contributed by atoms with Gasteiger partial charge < -0.3 is 19.5 Å². The zero-order valence-corrected chi connectivity index (χ0v) is 14.6. The van der Waals surface area contributed by atoms with Crippen molar-refractivity contribution in [2.75, 3.05) is 27.2 Å². The topological polar surface area (TPSA) is 115 Å². The smallest absolute Gasteiger partial charge is 0.306 e. The third-order valence-electron chi connectivity index (χ3n) is 3.34. The molecule has 0 spiro atoms. The third-order valence-corrected chi connectivity index (χ3v) is 3.34. The van der Waals surface area contributed by atoms with Crippen molar-refractivity contribution in [3.05, 3.63) is 36.2 Å². The summed E-state index contributed by atoms with van der Waals surface area (Å²) in [5.41, 5.74) is 0.814. The normalized spacial score (nSPS) is 10.2. The average molecular weight is 360 g/mol. The highest BCUT2D eigenvalue weighted by Crippen LogP contribution is 2.15. The second kappa shape index (κ2) is 9.30. The van der Waals surface area contributed by atoms with E-state index in [2.05, 4.69) is 15.5 Å². The van der Waals surface area contributed by atoms with Crippen molar-refractivity contribution in [3.63, 3.8) is 0 Å². The van der Waals surface area contributed by atoms with Gasteiger partial charge in [-0.1, -0.05) is 35.5 Å². The summed E-state index contributed by atoms with van der Waals surface area (Å²) in [6.07, 6.45) is 0.208. The maximum atomic E-state index is 11.7. The van der Waals surface area contributed by atoms with Crippen LogP contribution < -0.4 is 5.32 Å². The van der Waals surface area contributed by atoms with E-state index in [0.717, 1.165) is 5.56 Å². The lowest BCUT2D eigenvalue weighted by molar-refractivity contribution is -0.148. The summed E-state index contributed by atoms with van der Waals surface area (Å²) in [6.45, 7) is -0.591. The van der Waals surface area contributed by atoms with Crippen molar-refractivity contribution in [1.29, 1.82) is 0 Å².